The van der Waals surface area contributed by atoms with Crippen molar-refractivity contribution >= 4 is 0 Å². The van der Waals surface area contributed by atoms with E-state index in [0.717, 1.165) is 31.0 Å². The second-order valence-electron chi connectivity index (χ2n) is 5.82. The third-order valence-corrected chi connectivity index (χ3v) is 4.18. The van der Waals surface area contributed by atoms with Crippen LogP contribution in [0.15, 0.2) is 67.0 Å². The Hall–Kier alpha value is -2.59. The molecular formula is C19H19N3O. The molecule has 1 aromatic heterocycles. The minimum atomic E-state index is 0.357. The monoisotopic (exact) mass is 305 g/mol. The Kier molecular flexibility index (Phi) is 3.82. The van der Waals surface area contributed by atoms with Gasteiger partial charge in [-0.3, -0.25) is 0 Å². The van der Waals surface area contributed by atoms with Crippen molar-refractivity contribution in [3.05, 3.63) is 78.1 Å². The van der Waals surface area contributed by atoms with E-state index in [1.165, 1.54) is 11.1 Å². The van der Waals surface area contributed by atoms with Gasteiger partial charge in [-0.2, -0.15) is 5.10 Å². The van der Waals surface area contributed by atoms with E-state index in [2.05, 4.69) is 46.8 Å². The van der Waals surface area contributed by atoms with Crippen LogP contribution in [-0.2, 0) is 13.0 Å². The summed E-state index contributed by atoms with van der Waals surface area (Å²) >= 11 is 0. The first-order valence-corrected chi connectivity index (χ1v) is 7.91. The van der Waals surface area contributed by atoms with Crippen LogP contribution in [0.1, 0.15) is 11.1 Å². The smallest absolute Gasteiger partial charge is 0.122 e. The van der Waals surface area contributed by atoms with Crippen LogP contribution in [0, 0.1) is 0 Å². The second-order valence-corrected chi connectivity index (χ2v) is 5.82. The van der Waals surface area contributed by atoms with Crippen molar-refractivity contribution < 1.29 is 4.74 Å². The fourth-order valence-corrected chi connectivity index (χ4v) is 2.91. The summed E-state index contributed by atoms with van der Waals surface area (Å²) in [6.07, 6.45) is 4.75. The maximum atomic E-state index is 5.82. The largest absolute Gasteiger partial charge is 0.492 e. The predicted octanol–water partition coefficient (Wildman–Crippen LogP) is 2.97. The molecule has 4 rings (SSSR count). The third-order valence-electron chi connectivity index (χ3n) is 4.18. The first-order valence-electron chi connectivity index (χ1n) is 7.91. The highest BCUT2D eigenvalue weighted by atomic mass is 16.5. The molecule has 2 aromatic carbocycles. The topological polar surface area (TPSA) is 39.1 Å². The predicted molar refractivity (Wildman–Crippen MR) is 89.8 cm³/mol. The molecule has 0 amide bonds. The van der Waals surface area contributed by atoms with Crippen LogP contribution in [0.25, 0.3) is 5.69 Å². The van der Waals surface area contributed by atoms with E-state index in [0.29, 0.717) is 6.04 Å². The zero-order chi connectivity index (χ0) is 15.5. The number of hydrogen-bond donors (Lipinski definition) is 1. The molecule has 0 spiro atoms. The van der Waals surface area contributed by atoms with Gasteiger partial charge in [0.25, 0.3) is 0 Å². The van der Waals surface area contributed by atoms with Gasteiger partial charge in [0.1, 0.15) is 12.4 Å². The average Bonchev–Trinajstić information content (AvgIpc) is 3.15. The van der Waals surface area contributed by atoms with Crippen LogP contribution in [0.3, 0.4) is 0 Å². The van der Waals surface area contributed by atoms with E-state index < -0.39 is 0 Å². The number of para-hydroxylation sites is 1. The summed E-state index contributed by atoms with van der Waals surface area (Å²) in [5.41, 5.74) is 3.62. The molecule has 4 heteroatoms. The van der Waals surface area contributed by atoms with Gasteiger partial charge in [-0.05, 0) is 41.8 Å². The fourth-order valence-electron chi connectivity index (χ4n) is 2.91. The fraction of sp³-hybridized carbons (Fsp3) is 0.211. The molecule has 0 saturated heterocycles. The summed E-state index contributed by atoms with van der Waals surface area (Å²) in [7, 11) is 0. The van der Waals surface area contributed by atoms with Crippen molar-refractivity contribution in [3.63, 3.8) is 0 Å². The van der Waals surface area contributed by atoms with Gasteiger partial charge in [-0.15, -0.1) is 0 Å². The molecule has 1 unspecified atom stereocenters. The number of nitrogens with zero attached hydrogens (tertiary/aromatic N) is 2. The van der Waals surface area contributed by atoms with Crippen molar-refractivity contribution in [2.24, 2.45) is 0 Å². The van der Waals surface area contributed by atoms with Crippen LogP contribution in [0.2, 0.25) is 0 Å². The number of fused-ring (bicyclic) bond motifs is 1. The molecule has 1 aliphatic heterocycles. The maximum absolute atomic E-state index is 5.82. The van der Waals surface area contributed by atoms with Gasteiger partial charge in [0.15, 0.2) is 0 Å². The molecule has 0 aliphatic carbocycles. The molecule has 23 heavy (non-hydrogen) atoms. The van der Waals surface area contributed by atoms with Crippen molar-refractivity contribution in [1.82, 2.24) is 15.1 Å². The lowest BCUT2D eigenvalue weighted by molar-refractivity contribution is 0.238. The van der Waals surface area contributed by atoms with Crippen molar-refractivity contribution in [2.75, 3.05) is 6.61 Å². The number of ether oxygens (including phenoxy) is 1. The first kappa shape index (κ1) is 14.0. The zero-order valence-corrected chi connectivity index (χ0v) is 12.9. The molecule has 3 aromatic rings. The quantitative estimate of drug-likeness (QED) is 0.805. The molecule has 1 aliphatic rings. The zero-order valence-electron chi connectivity index (χ0n) is 12.9. The van der Waals surface area contributed by atoms with Gasteiger partial charge in [-0.1, -0.05) is 30.3 Å². The van der Waals surface area contributed by atoms with Crippen LogP contribution >= 0.6 is 0 Å². The number of nitrogens with one attached hydrogen (secondary N) is 1. The Morgan fingerprint density at radius 1 is 1.09 bits per heavy atom. The molecule has 0 fully saturated rings. The van der Waals surface area contributed by atoms with E-state index in [1.54, 1.807) is 6.20 Å². The van der Waals surface area contributed by atoms with Gasteiger partial charge < -0.3 is 10.1 Å². The molecule has 1 N–H and O–H groups in total. The highest BCUT2D eigenvalue weighted by Gasteiger charge is 2.18. The Balaban J connectivity index is 1.36. The minimum absolute atomic E-state index is 0.357. The van der Waals surface area contributed by atoms with Gasteiger partial charge in [0.05, 0.1) is 5.69 Å². The van der Waals surface area contributed by atoms with E-state index in [9.17, 15) is 0 Å². The summed E-state index contributed by atoms with van der Waals surface area (Å²) in [5.74, 6) is 1.02. The standard InChI is InChI=1S/C19H19N3O/c1-2-5-19-16(4-1)12-17(14-23-19)20-13-15-6-8-18(9-7-15)22-11-3-10-21-22/h1-11,17,20H,12-14H2. The van der Waals surface area contributed by atoms with Gasteiger partial charge in [-0.25, -0.2) is 4.68 Å². The molecule has 2 heterocycles. The van der Waals surface area contributed by atoms with E-state index >= 15 is 0 Å². The van der Waals surface area contributed by atoms with Crippen LogP contribution in [0.5, 0.6) is 5.75 Å². The van der Waals surface area contributed by atoms with Crippen molar-refractivity contribution in [1.29, 1.82) is 0 Å². The number of benzene rings is 2. The summed E-state index contributed by atoms with van der Waals surface area (Å²) < 4.78 is 7.68. The Morgan fingerprint density at radius 3 is 2.78 bits per heavy atom. The Morgan fingerprint density at radius 2 is 1.96 bits per heavy atom. The number of rotatable bonds is 4. The molecular weight excluding hydrogens is 286 g/mol. The Bertz CT molecular complexity index is 766. The van der Waals surface area contributed by atoms with Gasteiger partial charge in [0.2, 0.25) is 0 Å². The lowest BCUT2D eigenvalue weighted by Crippen LogP contribution is -2.38. The lowest BCUT2D eigenvalue weighted by Gasteiger charge is -2.26. The Labute approximate surface area is 135 Å². The average molecular weight is 305 g/mol. The van der Waals surface area contributed by atoms with Gasteiger partial charge in [0, 0.05) is 25.0 Å². The SMILES string of the molecule is c1ccc2c(c1)CC(NCc1ccc(-n3cccn3)cc1)CO2. The number of hydrogen-bond acceptors (Lipinski definition) is 3. The van der Waals surface area contributed by atoms with Crippen molar-refractivity contribution in [2.45, 2.75) is 19.0 Å². The highest BCUT2D eigenvalue weighted by molar-refractivity contribution is 5.36. The highest BCUT2D eigenvalue weighted by Crippen LogP contribution is 2.24. The van der Waals surface area contributed by atoms with Crippen LogP contribution < -0.4 is 10.1 Å². The van der Waals surface area contributed by atoms with Crippen LogP contribution in [0.4, 0.5) is 0 Å². The first-order chi connectivity index (χ1) is 11.4. The normalized spacial score (nSPS) is 16.6. The third kappa shape index (κ3) is 3.12. The van der Waals surface area contributed by atoms with Gasteiger partial charge >= 0.3 is 0 Å². The summed E-state index contributed by atoms with van der Waals surface area (Å²) in [4.78, 5) is 0. The molecule has 116 valence electrons. The second kappa shape index (κ2) is 6.26. The number of aromatic nitrogens is 2. The summed E-state index contributed by atoms with van der Waals surface area (Å²) in [6, 6.07) is 19.0. The molecule has 4 nitrogen and oxygen atoms in total. The molecule has 1 atom stereocenters. The van der Waals surface area contributed by atoms with E-state index in [-0.39, 0.29) is 0 Å². The summed E-state index contributed by atoms with van der Waals surface area (Å²) in [6.45, 7) is 1.57. The molecule has 0 radical (unpaired) electrons. The molecule has 0 bridgehead atoms. The molecule has 0 saturated carbocycles. The van der Waals surface area contributed by atoms with Crippen LogP contribution in [-0.4, -0.2) is 22.4 Å². The summed E-state index contributed by atoms with van der Waals surface area (Å²) in [5, 5.41) is 7.83. The minimum Gasteiger partial charge on any atom is -0.492 e. The van der Waals surface area contributed by atoms with E-state index in [4.69, 9.17) is 4.74 Å². The van der Waals surface area contributed by atoms with Crippen molar-refractivity contribution in [3.8, 4) is 11.4 Å². The maximum Gasteiger partial charge on any atom is 0.122 e. The van der Waals surface area contributed by atoms with E-state index in [1.807, 2.05) is 29.1 Å². The lowest BCUT2D eigenvalue weighted by atomic mass is 10.0.